The fraction of sp³-hybridized carbons (Fsp3) is 0.571. The standard InChI is InChI=1S/C14H23NO2/c1-4-15(8-10-16)9-11-17-14-12(2)6-5-7-13(14)3/h5-7,16H,4,8-11H2,1-3H3. The van der Waals surface area contributed by atoms with E-state index in [2.05, 4.69) is 37.8 Å². The summed E-state index contributed by atoms with van der Waals surface area (Å²) in [5.41, 5.74) is 2.35. The molecule has 17 heavy (non-hydrogen) atoms. The van der Waals surface area contributed by atoms with Gasteiger partial charge in [0.1, 0.15) is 12.4 Å². The highest BCUT2D eigenvalue weighted by atomic mass is 16.5. The molecule has 0 bridgehead atoms. The Hall–Kier alpha value is -1.06. The summed E-state index contributed by atoms with van der Waals surface area (Å²) in [6.45, 7) is 9.60. The molecule has 0 spiro atoms. The van der Waals surface area contributed by atoms with Gasteiger partial charge in [-0.1, -0.05) is 25.1 Å². The Morgan fingerprint density at radius 3 is 2.35 bits per heavy atom. The van der Waals surface area contributed by atoms with Gasteiger partial charge in [-0.05, 0) is 31.5 Å². The molecule has 0 unspecified atom stereocenters. The van der Waals surface area contributed by atoms with Gasteiger partial charge in [0.15, 0.2) is 0 Å². The van der Waals surface area contributed by atoms with Crippen LogP contribution in [-0.2, 0) is 0 Å². The molecule has 0 aromatic heterocycles. The Labute approximate surface area is 104 Å². The highest BCUT2D eigenvalue weighted by molar-refractivity contribution is 5.39. The molecule has 1 rings (SSSR count). The van der Waals surface area contributed by atoms with Gasteiger partial charge in [0.05, 0.1) is 6.61 Å². The summed E-state index contributed by atoms with van der Waals surface area (Å²) in [6.07, 6.45) is 0. The fourth-order valence-electron chi connectivity index (χ4n) is 1.87. The predicted molar refractivity (Wildman–Crippen MR) is 70.6 cm³/mol. The van der Waals surface area contributed by atoms with Crippen LogP contribution < -0.4 is 4.74 Å². The first kappa shape index (κ1) is 14.0. The molecular formula is C14H23NO2. The number of hydrogen-bond donors (Lipinski definition) is 1. The first-order valence-corrected chi connectivity index (χ1v) is 6.21. The molecule has 0 saturated heterocycles. The molecule has 0 aliphatic rings. The molecule has 0 heterocycles. The quantitative estimate of drug-likeness (QED) is 0.787. The van der Waals surface area contributed by atoms with Crippen molar-refractivity contribution < 1.29 is 9.84 Å². The van der Waals surface area contributed by atoms with E-state index < -0.39 is 0 Å². The third-order valence-corrected chi connectivity index (χ3v) is 2.93. The highest BCUT2D eigenvalue weighted by Crippen LogP contribution is 2.21. The third-order valence-electron chi connectivity index (χ3n) is 2.93. The summed E-state index contributed by atoms with van der Waals surface area (Å²) >= 11 is 0. The Morgan fingerprint density at radius 2 is 1.82 bits per heavy atom. The van der Waals surface area contributed by atoms with Crippen molar-refractivity contribution in [3.63, 3.8) is 0 Å². The van der Waals surface area contributed by atoms with Crippen LogP contribution in [0.4, 0.5) is 0 Å². The van der Waals surface area contributed by atoms with Crippen molar-refractivity contribution in [2.45, 2.75) is 20.8 Å². The number of aliphatic hydroxyl groups is 1. The van der Waals surface area contributed by atoms with Crippen LogP contribution in [0.1, 0.15) is 18.1 Å². The van der Waals surface area contributed by atoms with Gasteiger partial charge < -0.3 is 9.84 Å². The summed E-state index contributed by atoms with van der Waals surface area (Å²) in [7, 11) is 0. The minimum absolute atomic E-state index is 0.206. The van der Waals surface area contributed by atoms with E-state index in [0.717, 1.165) is 18.8 Å². The number of para-hydroxylation sites is 1. The first-order chi connectivity index (χ1) is 8.19. The molecule has 1 aromatic carbocycles. The van der Waals surface area contributed by atoms with Crippen LogP contribution >= 0.6 is 0 Å². The summed E-state index contributed by atoms with van der Waals surface area (Å²) < 4.78 is 5.82. The predicted octanol–water partition coefficient (Wildman–Crippen LogP) is 2.00. The van der Waals surface area contributed by atoms with Crippen LogP contribution in [0.3, 0.4) is 0 Å². The zero-order valence-corrected chi connectivity index (χ0v) is 11.1. The maximum absolute atomic E-state index is 8.89. The number of aliphatic hydroxyl groups excluding tert-OH is 1. The van der Waals surface area contributed by atoms with Gasteiger partial charge in [-0.2, -0.15) is 0 Å². The average molecular weight is 237 g/mol. The van der Waals surface area contributed by atoms with Gasteiger partial charge >= 0.3 is 0 Å². The molecule has 1 aromatic rings. The monoisotopic (exact) mass is 237 g/mol. The molecule has 0 radical (unpaired) electrons. The number of likely N-dealkylation sites (N-methyl/N-ethyl adjacent to an activating group) is 1. The van der Waals surface area contributed by atoms with Gasteiger partial charge in [0, 0.05) is 13.1 Å². The number of nitrogens with zero attached hydrogens (tertiary/aromatic N) is 1. The van der Waals surface area contributed by atoms with E-state index >= 15 is 0 Å². The fourth-order valence-corrected chi connectivity index (χ4v) is 1.87. The van der Waals surface area contributed by atoms with Crippen LogP contribution in [0, 0.1) is 13.8 Å². The first-order valence-electron chi connectivity index (χ1n) is 6.21. The second-order valence-electron chi connectivity index (χ2n) is 4.23. The molecule has 1 N–H and O–H groups in total. The van der Waals surface area contributed by atoms with Gasteiger partial charge in [0.2, 0.25) is 0 Å². The zero-order valence-electron chi connectivity index (χ0n) is 11.1. The van der Waals surface area contributed by atoms with E-state index in [1.54, 1.807) is 0 Å². The smallest absolute Gasteiger partial charge is 0.125 e. The van der Waals surface area contributed by atoms with Crippen molar-refractivity contribution in [2.24, 2.45) is 0 Å². The van der Waals surface area contributed by atoms with Gasteiger partial charge in [0.25, 0.3) is 0 Å². The molecule has 96 valence electrons. The van der Waals surface area contributed by atoms with Crippen molar-refractivity contribution in [3.8, 4) is 5.75 Å². The number of rotatable bonds is 7. The molecule has 0 aliphatic heterocycles. The van der Waals surface area contributed by atoms with Crippen molar-refractivity contribution in [1.82, 2.24) is 4.90 Å². The van der Waals surface area contributed by atoms with Crippen molar-refractivity contribution in [3.05, 3.63) is 29.3 Å². The summed E-state index contributed by atoms with van der Waals surface area (Å²) in [4.78, 5) is 2.17. The van der Waals surface area contributed by atoms with Crippen LogP contribution in [-0.4, -0.2) is 42.9 Å². The Kier molecular flexibility index (Phi) is 6.01. The second kappa shape index (κ2) is 7.30. The number of aryl methyl sites for hydroxylation is 2. The summed E-state index contributed by atoms with van der Waals surface area (Å²) in [6, 6.07) is 6.17. The Morgan fingerprint density at radius 1 is 1.18 bits per heavy atom. The summed E-state index contributed by atoms with van der Waals surface area (Å²) in [5, 5.41) is 8.89. The minimum atomic E-state index is 0.206. The van der Waals surface area contributed by atoms with Crippen LogP contribution in [0.5, 0.6) is 5.75 Å². The van der Waals surface area contributed by atoms with E-state index in [-0.39, 0.29) is 6.61 Å². The Bertz CT molecular complexity index is 319. The van der Waals surface area contributed by atoms with Crippen LogP contribution in [0.25, 0.3) is 0 Å². The molecule has 3 heteroatoms. The van der Waals surface area contributed by atoms with E-state index in [1.165, 1.54) is 11.1 Å². The van der Waals surface area contributed by atoms with E-state index in [0.29, 0.717) is 13.2 Å². The molecule has 3 nitrogen and oxygen atoms in total. The lowest BCUT2D eigenvalue weighted by Gasteiger charge is -2.20. The number of ether oxygens (including phenoxy) is 1. The van der Waals surface area contributed by atoms with Gasteiger partial charge in [-0.3, -0.25) is 4.90 Å². The third kappa shape index (κ3) is 4.36. The molecule has 0 amide bonds. The van der Waals surface area contributed by atoms with Crippen LogP contribution in [0.15, 0.2) is 18.2 Å². The largest absolute Gasteiger partial charge is 0.492 e. The maximum Gasteiger partial charge on any atom is 0.125 e. The molecular weight excluding hydrogens is 214 g/mol. The number of hydrogen-bond acceptors (Lipinski definition) is 3. The van der Waals surface area contributed by atoms with Crippen molar-refractivity contribution in [1.29, 1.82) is 0 Å². The van der Waals surface area contributed by atoms with Crippen molar-refractivity contribution in [2.75, 3.05) is 32.8 Å². The second-order valence-corrected chi connectivity index (χ2v) is 4.23. The lowest BCUT2D eigenvalue weighted by molar-refractivity contribution is 0.173. The lowest BCUT2D eigenvalue weighted by atomic mass is 10.1. The Balaban J connectivity index is 2.45. The minimum Gasteiger partial charge on any atom is -0.492 e. The van der Waals surface area contributed by atoms with E-state index in [9.17, 15) is 0 Å². The molecule has 0 aliphatic carbocycles. The highest BCUT2D eigenvalue weighted by Gasteiger charge is 2.05. The van der Waals surface area contributed by atoms with Gasteiger partial charge in [-0.25, -0.2) is 0 Å². The maximum atomic E-state index is 8.89. The zero-order chi connectivity index (χ0) is 12.7. The SMILES string of the molecule is CCN(CCO)CCOc1c(C)cccc1C. The molecule has 0 saturated carbocycles. The van der Waals surface area contributed by atoms with E-state index in [1.807, 2.05) is 6.07 Å². The topological polar surface area (TPSA) is 32.7 Å². The normalized spacial score (nSPS) is 10.9. The number of benzene rings is 1. The van der Waals surface area contributed by atoms with Gasteiger partial charge in [-0.15, -0.1) is 0 Å². The molecule has 0 atom stereocenters. The lowest BCUT2D eigenvalue weighted by Crippen LogP contribution is -2.31. The average Bonchev–Trinajstić information content (AvgIpc) is 2.31. The van der Waals surface area contributed by atoms with Crippen molar-refractivity contribution >= 4 is 0 Å². The molecule has 0 fully saturated rings. The van der Waals surface area contributed by atoms with E-state index in [4.69, 9.17) is 9.84 Å². The van der Waals surface area contributed by atoms with Crippen LogP contribution in [0.2, 0.25) is 0 Å². The summed E-state index contributed by atoms with van der Waals surface area (Å²) in [5.74, 6) is 0.993.